The maximum Gasteiger partial charge on any atom is 0.191 e. The third kappa shape index (κ3) is 5.86. The van der Waals surface area contributed by atoms with Crippen molar-refractivity contribution in [2.75, 3.05) is 32.7 Å². The number of furan rings is 1. The number of piperidine rings is 1. The Morgan fingerprint density at radius 2 is 2.00 bits per heavy atom. The number of rotatable bonds is 7. The van der Waals surface area contributed by atoms with Crippen LogP contribution in [0.1, 0.15) is 50.7 Å². The lowest BCUT2D eigenvalue weighted by Crippen LogP contribution is -2.43. The van der Waals surface area contributed by atoms with Crippen molar-refractivity contribution >= 4 is 5.96 Å². The van der Waals surface area contributed by atoms with Crippen LogP contribution in [0.5, 0.6) is 0 Å². The highest BCUT2D eigenvalue weighted by Gasteiger charge is 2.16. The normalized spacial score (nSPS) is 20.4. The molecule has 1 aromatic rings. The van der Waals surface area contributed by atoms with Gasteiger partial charge in [0.2, 0.25) is 0 Å². The molecular formula is C19H32N4O. The first kappa shape index (κ1) is 17.3. The molecule has 2 heterocycles. The standard InChI is InChI=1S/C19H32N4O/c1-4-13-23(14-5-1)15-12-21-19(22-17-7-2-3-8-17)20-11-10-18-9-6-16-24-18/h6,9,16-17H,1-5,7-8,10-15H2,(H2,20,21,22). The molecule has 0 bridgehead atoms. The van der Waals surface area contributed by atoms with Crippen LogP contribution in [0.15, 0.2) is 27.8 Å². The lowest BCUT2D eigenvalue weighted by molar-refractivity contribution is 0.235. The van der Waals surface area contributed by atoms with Crippen molar-refractivity contribution in [1.82, 2.24) is 15.5 Å². The van der Waals surface area contributed by atoms with Crippen molar-refractivity contribution in [2.24, 2.45) is 4.99 Å². The second-order valence-electron chi connectivity index (χ2n) is 7.01. The minimum atomic E-state index is 0.592. The van der Waals surface area contributed by atoms with E-state index in [-0.39, 0.29) is 0 Å². The van der Waals surface area contributed by atoms with E-state index in [4.69, 9.17) is 9.41 Å². The van der Waals surface area contributed by atoms with Crippen LogP contribution in [0.4, 0.5) is 0 Å². The van der Waals surface area contributed by atoms with Gasteiger partial charge in [-0.05, 0) is 50.9 Å². The lowest BCUT2D eigenvalue weighted by atomic mass is 10.1. The van der Waals surface area contributed by atoms with Gasteiger partial charge in [0.05, 0.1) is 12.8 Å². The molecular weight excluding hydrogens is 300 g/mol. The summed E-state index contributed by atoms with van der Waals surface area (Å²) in [5.41, 5.74) is 0. The summed E-state index contributed by atoms with van der Waals surface area (Å²) in [5, 5.41) is 7.11. The van der Waals surface area contributed by atoms with Crippen LogP contribution < -0.4 is 10.6 Å². The Balaban J connectivity index is 1.44. The molecule has 1 saturated heterocycles. The summed E-state index contributed by atoms with van der Waals surface area (Å²) in [6, 6.07) is 4.56. The van der Waals surface area contributed by atoms with Crippen molar-refractivity contribution in [3.05, 3.63) is 24.2 Å². The molecule has 1 saturated carbocycles. The van der Waals surface area contributed by atoms with E-state index < -0.39 is 0 Å². The zero-order valence-electron chi connectivity index (χ0n) is 14.8. The van der Waals surface area contributed by atoms with Gasteiger partial charge in [-0.1, -0.05) is 19.3 Å². The lowest BCUT2D eigenvalue weighted by Gasteiger charge is -2.25. The molecule has 1 aromatic heterocycles. The minimum absolute atomic E-state index is 0.592. The molecule has 0 amide bonds. The zero-order chi connectivity index (χ0) is 16.5. The molecule has 2 aliphatic rings. The first-order valence-corrected chi connectivity index (χ1v) is 9.70. The van der Waals surface area contributed by atoms with Gasteiger partial charge in [-0.3, -0.25) is 4.99 Å². The SMILES string of the molecule is c1coc(CCNC(=NCCN2CCCCC2)NC2CCCC2)c1. The highest BCUT2D eigenvalue weighted by atomic mass is 16.3. The van der Waals surface area contributed by atoms with Crippen molar-refractivity contribution in [1.29, 1.82) is 0 Å². The van der Waals surface area contributed by atoms with Crippen LogP contribution in [-0.4, -0.2) is 49.6 Å². The molecule has 134 valence electrons. The molecule has 5 nitrogen and oxygen atoms in total. The number of nitrogens with one attached hydrogen (secondary N) is 2. The van der Waals surface area contributed by atoms with E-state index in [1.807, 2.05) is 12.1 Å². The fourth-order valence-corrected chi connectivity index (χ4v) is 3.66. The molecule has 2 N–H and O–H groups in total. The zero-order valence-corrected chi connectivity index (χ0v) is 14.8. The highest BCUT2D eigenvalue weighted by Crippen LogP contribution is 2.17. The van der Waals surface area contributed by atoms with E-state index in [0.29, 0.717) is 6.04 Å². The molecule has 0 atom stereocenters. The highest BCUT2D eigenvalue weighted by molar-refractivity contribution is 5.80. The monoisotopic (exact) mass is 332 g/mol. The smallest absolute Gasteiger partial charge is 0.191 e. The van der Waals surface area contributed by atoms with Crippen LogP contribution in [0.3, 0.4) is 0 Å². The van der Waals surface area contributed by atoms with Gasteiger partial charge in [0.15, 0.2) is 5.96 Å². The third-order valence-electron chi connectivity index (χ3n) is 5.07. The molecule has 1 aliphatic heterocycles. The number of aliphatic imine (C=N–C) groups is 1. The molecule has 3 rings (SSSR count). The Morgan fingerprint density at radius 1 is 1.17 bits per heavy atom. The largest absolute Gasteiger partial charge is 0.469 e. The number of likely N-dealkylation sites (tertiary alicyclic amines) is 1. The van der Waals surface area contributed by atoms with Crippen LogP contribution in [0.2, 0.25) is 0 Å². The van der Waals surface area contributed by atoms with Crippen LogP contribution >= 0.6 is 0 Å². The van der Waals surface area contributed by atoms with Crippen molar-refractivity contribution in [3.8, 4) is 0 Å². The van der Waals surface area contributed by atoms with E-state index in [1.165, 1.54) is 58.0 Å². The second kappa shape index (κ2) is 9.72. The molecule has 0 radical (unpaired) electrons. The Morgan fingerprint density at radius 3 is 2.75 bits per heavy atom. The van der Waals surface area contributed by atoms with E-state index in [1.54, 1.807) is 6.26 Å². The van der Waals surface area contributed by atoms with Gasteiger partial charge < -0.3 is 20.0 Å². The number of nitrogens with zero attached hydrogens (tertiary/aromatic N) is 2. The quantitative estimate of drug-likeness (QED) is 0.595. The Kier molecular flexibility index (Phi) is 7.02. The van der Waals surface area contributed by atoms with Gasteiger partial charge in [0, 0.05) is 25.6 Å². The summed E-state index contributed by atoms with van der Waals surface area (Å²) in [4.78, 5) is 7.37. The number of hydrogen-bond donors (Lipinski definition) is 2. The first-order valence-electron chi connectivity index (χ1n) is 9.70. The maximum absolute atomic E-state index is 5.40. The van der Waals surface area contributed by atoms with Gasteiger partial charge in [-0.2, -0.15) is 0 Å². The van der Waals surface area contributed by atoms with Gasteiger partial charge in [-0.15, -0.1) is 0 Å². The second-order valence-corrected chi connectivity index (χ2v) is 7.01. The van der Waals surface area contributed by atoms with E-state index in [0.717, 1.165) is 37.8 Å². The van der Waals surface area contributed by atoms with Crippen molar-refractivity contribution in [2.45, 2.75) is 57.4 Å². The maximum atomic E-state index is 5.40. The Bertz CT molecular complexity index is 474. The molecule has 24 heavy (non-hydrogen) atoms. The number of hydrogen-bond acceptors (Lipinski definition) is 3. The van der Waals surface area contributed by atoms with Crippen LogP contribution in [0, 0.1) is 0 Å². The predicted molar refractivity (Wildman–Crippen MR) is 98.4 cm³/mol. The summed E-state index contributed by atoms with van der Waals surface area (Å²) < 4.78 is 5.40. The first-order chi connectivity index (χ1) is 11.9. The summed E-state index contributed by atoms with van der Waals surface area (Å²) in [7, 11) is 0. The van der Waals surface area contributed by atoms with Crippen LogP contribution in [-0.2, 0) is 6.42 Å². The topological polar surface area (TPSA) is 52.8 Å². The van der Waals surface area contributed by atoms with E-state index in [9.17, 15) is 0 Å². The predicted octanol–water partition coefficient (Wildman–Crippen LogP) is 2.79. The fourth-order valence-electron chi connectivity index (χ4n) is 3.66. The number of guanidine groups is 1. The molecule has 2 fully saturated rings. The van der Waals surface area contributed by atoms with E-state index in [2.05, 4.69) is 15.5 Å². The average Bonchev–Trinajstić information content (AvgIpc) is 3.29. The van der Waals surface area contributed by atoms with E-state index >= 15 is 0 Å². The molecule has 0 spiro atoms. The Labute approximate surface area is 145 Å². The third-order valence-corrected chi connectivity index (χ3v) is 5.07. The van der Waals surface area contributed by atoms with Gasteiger partial charge in [-0.25, -0.2) is 0 Å². The molecule has 0 unspecified atom stereocenters. The summed E-state index contributed by atoms with van der Waals surface area (Å²) in [6.07, 6.45) is 11.9. The van der Waals surface area contributed by atoms with Crippen LogP contribution in [0.25, 0.3) is 0 Å². The summed E-state index contributed by atoms with van der Waals surface area (Å²) in [6.45, 7) is 5.30. The molecule has 5 heteroatoms. The van der Waals surface area contributed by atoms with Gasteiger partial charge in [0.1, 0.15) is 5.76 Å². The van der Waals surface area contributed by atoms with Crippen molar-refractivity contribution < 1.29 is 4.42 Å². The molecule has 1 aliphatic carbocycles. The molecule has 0 aromatic carbocycles. The minimum Gasteiger partial charge on any atom is -0.469 e. The average molecular weight is 332 g/mol. The fraction of sp³-hybridized carbons (Fsp3) is 0.737. The van der Waals surface area contributed by atoms with Gasteiger partial charge >= 0.3 is 0 Å². The van der Waals surface area contributed by atoms with Crippen molar-refractivity contribution in [3.63, 3.8) is 0 Å². The van der Waals surface area contributed by atoms with Gasteiger partial charge in [0.25, 0.3) is 0 Å². The summed E-state index contributed by atoms with van der Waals surface area (Å²) in [5.74, 6) is 2.00. The summed E-state index contributed by atoms with van der Waals surface area (Å²) >= 11 is 0. The Hall–Kier alpha value is -1.49.